The molecule has 0 radical (unpaired) electrons. The highest BCUT2D eigenvalue weighted by Crippen LogP contribution is 2.36. The van der Waals surface area contributed by atoms with Crippen LogP contribution in [0, 0.1) is 5.92 Å². The monoisotopic (exact) mass is 331 g/mol. The molecule has 0 saturated carbocycles. The molecule has 4 rings (SSSR count). The zero-order chi connectivity index (χ0) is 15.1. The minimum atomic E-state index is 0.771. The number of hydrogen-bond donors (Lipinski definition) is 1. The molecule has 1 N–H and O–H groups in total. The Morgan fingerprint density at radius 3 is 2.95 bits per heavy atom. The van der Waals surface area contributed by atoms with Crippen molar-refractivity contribution >= 4 is 43.2 Å². The van der Waals surface area contributed by atoms with E-state index in [2.05, 4.69) is 23.3 Å². The lowest BCUT2D eigenvalue weighted by molar-refractivity contribution is 0.419. The molecule has 0 saturated heterocycles. The molecule has 114 valence electrons. The summed E-state index contributed by atoms with van der Waals surface area (Å²) in [6.07, 6.45) is 3.50. The molecule has 0 amide bonds. The van der Waals surface area contributed by atoms with E-state index in [0.29, 0.717) is 0 Å². The van der Waals surface area contributed by atoms with E-state index in [0.717, 1.165) is 45.0 Å². The fourth-order valence-corrected chi connectivity index (χ4v) is 4.94. The molecule has 0 fully saturated rings. The zero-order valence-electron chi connectivity index (χ0n) is 12.5. The van der Waals surface area contributed by atoms with E-state index in [1.54, 1.807) is 29.8 Å². The van der Waals surface area contributed by atoms with Crippen molar-refractivity contribution in [1.29, 1.82) is 0 Å². The van der Waals surface area contributed by atoms with Gasteiger partial charge in [0.1, 0.15) is 11.3 Å². The number of methoxy groups -OCH3 is 1. The first-order chi connectivity index (χ1) is 10.7. The van der Waals surface area contributed by atoms with Crippen LogP contribution < -0.4 is 10.1 Å². The fraction of sp³-hybridized carbons (Fsp3) is 0.375. The van der Waals surface area contributed by atoms with Crippen molar-refractivity contribution in [2.24, 2.45) is 5.92 Å². The summed E-state index contributed by atoms with van der Waals surface area (Å²) in [7, 11) is 1.68. The minimum absolute atomic E-state index is 0.771. The molecule has 1 aliphatic carbocycles. The Labute approximate surface area is 137 Å². The smallest absolute Gasteiger partial charge is 0.190 e. The second-order valence-electron chi connectivity index (χ2n) is 5.69. The largest absolute Gasteiger partial charge is 0.494 e. The van der Waals surface area contributed by atoms with E-state index in [9.17, 15) is 0 Å². The molecule has 1 aromatic carbocycles. The van der Waals surface area contributed by atoms with Crippen molar-refractivity contribution in [3.63, 3.8) is 0 Å². The molecule has 1 aliphatic rings. The average molecular weight is 331 g/mol. The lowest BCUT2D eigenvalue weighted by Gasteiger charge is -2.15. The van der Waals surface area contributed by atoms with Crippen molar-refractivity contribution in [3.05, 3.63) is 28.8 Å². The van der Waals surface area contributed by atoms with Crippen LogP contribution in [0.3, 0.4) is 0 Å². The van der Waals surface area contributed by atoms with Gasteiger partial charge in [-0.3, -0.25) is 0 Å². The molecule has 22 heavy (non-hydrogen) atoms. The number of anilines is 2. The van der Waals surface area contributed by atoms with Gasteiger partial charge in [0.2, 0.25) is 0 Å². The van der Waals surface area contributed by atoms with Crippen molar-refractivity contribution in [2.75, 3.05) is 12.4 Å². The Morgan fingerprint density at radius 2 is 2.09 bits per heavy atom. The highest BCUT2D eigenvalue weighted by Gasteiger charge is 2.20. The number of thiazole rings is 2. The van der Waals surface area contributed by atoms with Crippen LogP contribution in [0.1, 0.15) is 23.9 Å². The first-order valence-electron chi connectivity index (χ1n) is 7.42. The van der Waals surface area contributed by atoms with Crippen LogP contribution in [0.15, 0.2) is 18.2 Å². The fourth-order valence-electron chi connectivity index (χ4n) is 2.83. The highest BCUT2D eigenvalue weighted by molar-refractivity contribution is 7.22. The number of ether oxygens (including phenoxy) is 1. The highest BCUT2D eigenvalue weighted by atomic mass is 32.1. The van der Waals surface area contributed by atoms with Gasteiger partial charge >= 0.3 is 0 Å². The lowest BCUT2D eigenvalue weighted by atomic mass is 9.93. The van der Waals surface area contributed by atoms with Crippen LogP contribution in [-0.4, -0.2) is 17.1 Å². The third kappa shape index (κ3) is 2.46. The molecule has 0 spiro atoms. The molecule has 1 atom stereocenters. The minimum Gasteiger partial charge on any atom is -0.494 e. The third-order valence-electron chi connectivity index (χ3n) is 4.00. The van der Waals surface area contributed by atoms with Crippen LogP contribution in [0.25, 0.3) is 10.2 Å². The Kier molecular flexibility index (Phi) is 3.50. The van der Waals surface area contributed by atoms with Crippen LogP contribution in [0.5, 0.6) is 5.75 Å². The topological polar surface area (TPSA) is 47.0 Å². The summed E-state index contributed by atoms with van der Waals surface area (Å²) in [4.78, 5) is 10.8. The first-order valence-corrected chi connectivity index (χ1v) is 9.05. The van der Waals surface area contributed by atoms with Crippen molar-refractivity contribution in [3.8, 4) is 5.75 Å². The molecule has 2 heterocycles. The summed E-state index contributed by atoms with van der Waals surface area (Å²) in [5.74, 6) is 1.58. The molecule has 1 unspecified atom stereocenters. The Hall–Kier alpha value is -1.66. The predicted molar refractivity (Wildman–Crippen MR) is 92.8 cm³/mol. The average Bonchev–Trinajstić information content (AvgIpc) is 3.09. The molecular formula is C16H17N3OS2. The normalized spacial score (nSPS) is 17.5. The van der Waals surface area contributed by atoms with Gasteiger partial charge < -0.3 is 10.1 Å². The zero-order valence-corrected chi connectivity index (χ0v) is 14.2. The molecule has 0 aliphatic heterocycles. The maximum Gasteiger partial charge on any atom is 0.190 e. The van der Waals surface area contributed by atoms with Crippen LogP contribution in [0.4, 0.5) is 10.3 Å². The Morgan fingerprint density at radius 1 is 1.23 bits per heavy atom. The van der Waals surface area contributed by atoms with Gasteiger partial charge in [0.15, 0.2) is 10.3 Å². The summed E-state index contributed by atoms with van der Waals surface area (Å²) in [6.45, 7) is 2.32. The molecule has 3 aromatic rings. The van der Waals surface area contributed by atoms with Gasteiger partial charge in [0.25, 0.3) is 0 Å². The van der Waals surface area contributed by atoms with Gasteiger partial charge in [-0.25, -0.2) is 9.97 Å². The van der Waals surface area contributed by atoms with E-state index in [4.69, 9.17) is 9.72 Å². The van der Waals surface area contributed by atoms with Crippen LogP contribution >= 0.6 is 22.7 Å². The van der Waals surface area contributed by atoms with E-state index in [1.165, 1.54) is 17.0 Å². The summed E-state index contributed by atoms with van der Waals surface area (Å²) < 4.78 is 6.49. The number of para-hydroxylation sites is 1. The van der Waals surface area contributed by atoms with Gasteiger partial charge in [-0.2, -0.15) is 0 Å². The maximum atomic E-state index is 5.37. The number of aryl methyl sites for hydroxylation is 1. The van der Waals surface area contributed by atoms with Crippen molar-refractivity contribution < 1.29 is 4.74 Å². The molecular weight excluding hydrogens is 314 g/mol. The Bertz CT molecular complexity index is 824. The standard InChI is InChI=1S/C16H17N3OS2/c1-9-6-7-10-13(8-9)22-15(17-10)19-16-18-14-11(20-2)4-3-5-12(14)21-16/h3-5,9H,6-8H2,1-2H3,(H,17,18,19). The summed E-state index contributed by atoms with van der Waals surface area (Å²) in [5, 5.41) is 5.21. The van der Waals surface area contributed by atoms with Crippen LogP contribution in [-0.2, 0) is 12.8 Å². The second kappa shape index (κ2) is 5.52. The molecule has 0 bridgehead atoms. The van der Waals surface area contributed by atoms with Gasteiger partial charge in [-0.1, -0.05) is 24.3 Å². The van der Waals surface area contributed by atoms with E-state index in [1.807, 2.05) is 12.1 Å². The molecule has 4 nitrogen and oxygen atoms in total. The van der Waals surface area contributed by atoms with Crippen molar-refractivity contribution in [2.45, 2.75) is 26.2 Å². The lowest BCUT2D eigenvalue weighted by Crippen LogP contribution is -2.09. The van der Waals surface area contributed by atoms with Gasteiger partial charge in [-0.15, -0.1) is 11.3 Å². The van der Waals surface area contributed by atoms with Gasteiger partial charge in [0, 0.05) is 4.88 Å². The third-order valence-corrected chi connectivity index (χ3v) is 5.97. The number of rotatable bonds is 3. The molecule has 2 aromatic heterocycles. The quantitative estimate of drug-likeness (QED) is 0.760. The second-order valence-corrected chi connectivity index (χ2v) is 7.80. The number of nitrogens with one attached hydrogen (secondary N) is 1. The van der Waals surface area contributed by atoms with E-state index < -0.39 is 0 Å². The van der Waals surface area contributed by atoms with Gasteiger partial charge in [-0.05, 0) is 37.3 Å². The van der Waals surface area contributed by atoms with Crippen LogP contribution in [0.2, 0.25) is 0 Å². The maximum absolute atomic E-state index is 5.37. The summed E-state index contributed by atoms with van der Waals surface area (Å²) >= 11 is 3.40. The predicted octanol–water partition coefficient (Wildman–Crippen LogP) is 4.63. The van der Waals surface area contributed by atoms with Gasteiger partial charge in [0.05, 0.1) is 17.5 Å². The van der Waals surface area contributed by atoms with E-state index >= 15 is 0 Å². The number of fused-ring (bicyclic) bond motifs is 2. The number of nitrogens with zero attached hydrogens (tertiary/aromatic N) is 2. The first kappa shape index (κ1) is 14.0. The number of aromatic nitrogens is 2. The van der Waals surface area contributed by atoms with E-state index in [-0.39, 0.29) is 0 Å². The number of hydrogen-bond acceptors (Lipinski definition) is 6. The SMILES string of the molecule is COc1cccc2sc(Nc3nc4c(s3)CC(C)CC4)nc12. The van der Waals surface area contributed by atoms with Crippen molar-refractivity contribution in [1.82, 2.24) is 9.97 Å². The Balaban J connectivity index is 1.64. The number of benzene rings is 1. The summed E-state index contributed by atoms with van der Waals surface area (Å²) in [5.41, 5.74) is 2.18. The summed E-state index contributed by atoms with van der Waals surface area (Å²) in [6, 6.07) is 6.00. The molecule has 6 heteroatoms.